The molecule has 0 saturated carbocycles. The fourth-order valence-electron chi connectivity index (χ4n) is 1.66. The van der Waals surface area contributed by atoms with Crippen molar-refractivity contribution in [3.05, 3.63) is 46.5 Å². The van der Waals surface area contributed by atoms with Gasteiger partial charge >= 0.3 is 0 Å². The van der Waals surface area contributed by atoms with E-state index in [0.717, 1.165) is 5.75 Å². The van der Waals surface area contributed by atoms with Crippen molar-refractivity contribution in [1.29, 1.82) is 0 Å². The number of rotatable bonds is 5. The Labute approximate surface area is 117 Å². The van der Waals surface area contributed by atoms with Crippen molar-refractivity contribution in [2.45, 2.75) is 19.9 Å². The molecular formula is C14H18N4O2. The molecular weight excluding hydrogens is 256 g/mol. The van der Waals surface area contributed by atoms with Crippen molar-refractivity contribution in [3.63, 3.8) is 0 Å². The zero-order chi connectivity index (χ0) is 14.5. The minimum absolute atomic E-state index is 0.0343. The highest BCUT2D eigenvalue weighted by molar-refractivity contribution is 5.59. The second-order valence-corrected chi connectivity index (χ2v) is 4.66. The van der Waals surface area contributed by atoms with Gasteiger partial charge in [0, 0.05) is 0 Å². The molecule has 2 rings (SSSR count). The fraction of sp³-hybridized carbons (Fsp3) is 0.286. The van der Waals surface area contributed by atoms with E-state index in [9.17, 15) is 4.79 Å². The van der Waals surface area contributed by atoms with Gasteiger partial charge < -0.3 is 20.8 Å². The van der Waals surface area contributed by atoms with Gasteiger partial charge in [-0.1, -0.05) is 17.7 Å². The lowest BCUT2D eigenvalue weighted by Crippen LogP contribution is -2.26. The molecule has 4 N–H and O–H groups in total. The molecule has 1 atom stereocenters. The van der Waals surface area contributed by atoms with Crippen molar-refractivity contribution >= 4 is 11.5 Å². The Morgan fingerprint density at radius 2 is 2.10 bits per heavy atom. The number of nitrogens with two attached hydrogens (primary N) is 1. The fourth-order valence-corrected chi connectivity index (χ4v) is 1.66. The number of hydrogen-bond donors (Lipinski definition) is 3. The van der Waals surface area contributed by atoms with E-state index in [1.54, 1.807) is 0 Å². The third-order valence-electron chi connectivity index (χ3n) is 2.79. The van der Waals surface area contributed by atoms with Crippen molar-refractivity contribution in [3.8, 4) is 5.75 Å². The molecule has 0 radical (unpaired) electrons. The first-order valence-electron chi connectivity index (χ1n) is 6.35. The minimum Gasteiger partial charge on any atom is -0.491 e. The molecule has 0 spiro atoms. The third-order valence-corrected chi connectivity index (χ3v) is 2.79. The van der Waals surface area contributed by atoms with Crippen molar-refractivity contribution < 1.29 is 4.74 Å². The van der Waals surface area contributed by atoms with Crippen LogP contribution in [0.1, 0.15) is 12.5 Å². The molecule has 0 aliphatic carbocycles. The van der Waals surface area contributed by atoms with E-state index in [-0.39, 0.29) is 17.3 Å². The smallest absolute Gasteiger partial charge is 0.276 e. The number of aromatic nitrogens is 2. The second-order valence-electron chi connectivity index (χ2n) is 4.66. The summed E-state index contributed by atoms with van der Waals surface area (Å²) in [5.41, 5.74) is 6.56. The molecule has 0 aliphatic rings. The first kappa shape index (κ1) is 13.9. The lowest BCUT2D eigenvalue weighted by molar-refractivity contribution is 0.303. The molecule has 6 nitrogen and oxygen atoms in total. The molecule has 0 bridgehead atoms. The number of nitrogen functional groups attached to an aromatic ring is 1. The van der Waals surface area contributed by atoms with Crippen LogP contribution in [0.3, 0.4) is 0 Å². The summed E-state index contributed by atoms with van der Waals surface area (Å²) in [6.45, 7) is 4.39. The molecule has 1 heterocycles. The highest BCUT2D eigenvalue weighted by Gasteiger charge is 2.09. The summed E-state index contributed by atoms with van der Waals surface area (Å²) >= 11 is 0. The Balaban J connectivity index is 1.92. The van der Waals surface area contributed by atoms with E-state index in [0.29, 0.717) is 12.4 Å². The molecule has 0 amide bonds. The summed E-state index contributed by atoms with van der Waals surface area (Å²) in [5.74, 6) is 1.17. The predicted octanol–water partition coefficient (Wildman–Crippen LogP) is 1.54. The van der Waals surface area contributed by atoms with Gasteiger partial charge in [-0.05, 0) is 26.0 Å². The Kier molecular flexibility index (Phi) is 4.24. The van der Waals surface area contributed by atoms with E-state index in [4.69, 9.17) is 10.5 Å². The zero-order valence-corrected chi connectivity index (χ0v) is 11.5. The van der Waals surface area contributed by atoms with E-state index in [1.807, 2.05) is 38.1 Å². The maximum atomic E-state index is 11.3. The van der Waals surface area contributed by atoms with Crippen molar-refractivity contribution in [2.24, 2.45) is 0 Å². The Morgan fingerprint density at radius 1 is 1.40 bits per heavy atom. The summed E-state index contributed by atoms with van der Waals surface area (Å²) in [5, 5.41) is 3.05. The van der Waals surface area contributed by atoms with Gasteiger partial charge in [0.1, 0.15) is 18.0 Å². The standard InChI is InChI=1S/C14H18N4O2/c1-9-3-5-11(6-4-9)20-7-10(2)18-13-12(15)14(19)17-8-16-13/h3-6,8,10H,7,15H2,1-2H3,(H2,16,17,18,19). The number of anilines is 2. The second kappa shape index (κ2) is 6.10. The number of aryl methyl sites for hydroxylation is 1. The average molecular weight is 274 g/mol. The van der Waals surface area contributed by atoms with E-state index >= 15 is 0 Å². The topological polar surface area (TPSA) is 93.0 Å². The van der Waals surface area contributed by atoms with Gasteiger partial charge in [-0.2, -0.15) is 0 Å². The lowest BCUT2D eigenvalue weighted by atomic mass is 10.2. The van der Waals surface area contributed by atoms with Gasteiger partial charge in [0.2, 0.25) is 0 Å². The van der Waals surface area contributed by atoms with Gasteiger partial charge in [-0.3, -0.25) is 4.79 Å². The van der Waals surface area contributed by atoms with Gasteiger partial charge in [0.05, 0.1) is 12.4 Å². The van der Waals surface area contributed by atoms with Crippen molar-refractivity contribution in [2.75, 3.05) is 17.7 Å². The molecule has 1 unspecified atom stereocenters. The van der Waals surface area contributed by atoms with Gasteiger partial charge in [-0.15, -0.1) is 0 Å². The molecule has 0 aliphatic heterocycles. The summed E-state index contributed by atoms with van der Waals surface area (Å²) in [4.78, 5) is 17.8. The van der Waals surface area contributed by atoms with Crippen LogP contribution in [-0.2, 0) is 0 Å². The number of hydrogen-bond acceptors (Lipinski definition) is 5. The quantitative estimate of drug-likeness (QED) is 0.769. The summed E-state index contributed by atoms with van der Waals surface area (Å²) in [6.07, 6.45) is 1.31. The van der Waals surface area contributed by atoms with Gasteiger partial charge in [0.15, 0.2) is 5.82 Å². The minimum atomic E-state index is -0.353. The number of ether oxygens (including phenoxy) is 1. The predicted molar refractivity (Wildman–Crippen MR) is 79.0 cm³/mol. The number of benzene rings is 1. The van der Waals surface area contributed by atoms with Gasteiger partial charge in [0.25, 0.3) is 5.56 Å². The number of H-pyrrole nitrogens is 1. The molecule has 6 heteroatoms. The monoisotopic (exact) mass is 274 g/mol. The largest absolute Gasteiger partial charge is 0.491 e. The first-order chi connectivity index (χ1) is 9.56. The normalized spacial score (nSPS) is 11.9. The lowest BCUT2D eigenvalue weighted by Gasteiger charge is -2.16. The Morgan fingerprint density at radius 3 is 2.80 bits per heavy atom. The first-order valence-corrected chi connectivity index (χ1v) is 6.35. The molecule has 1 aromatic heterocycles. The highest BCUT2D eigenvalue weighted by atomic mass is 16.5. The molecule has 20 heavy (non-hydrogen) atoms. The molecule has 0 saturated heterocycles. The van der Waals surface area contributed by atoms with Crippen molar-refractivity contribution in [1.82, 2.24) is 9.97 Å². The number of nitrogens with zero attached hydrogens (tertiary/aromatic N) is 1. The molecule has 1 aromatic carbocycles. The maximum absolute atomic E-state index is 11.3. The summed E-state index contributed by atoms with van der Waals surface area (Å²) < 4.78 is 5.65. The summed E-state index contributed by atoms with van der Waals surface area (Å²) in [6, 6.07) is 7.78. The maximum Gasteiger partial charge on any atom is 0.276 e. The van der Waals surface area contributed by atoms with Crippen LogP contribution in [0.25, 0.3) is 0 Å². The Hall–Kier alpha value is -2.50. The zero-order valence-electron chi connectivity index (χ0n) is 11.5. The SMILES string of the molecule is Cc1ccc(OCC(C)Nc2nc[nH]c(=O)c2N)cc1. The number of aromatic amines is 1. The molecule has 106 valence electrons. The van der Waals surface area contributed by atoms with Crippen LogP contribution in [-0.4, -0.2) is 22.6 Å². The van der Waals surface area contributed by atoms with Gasteiger partial charge in [-0.25, -0.2) is 4.98 Å². The van der Waals surface area contributed by atoms with Crippen LogP contribution in [0.2, 0.25) is 0 Å². The van der Waals surface area contributed by atoms with E-state index in [1.165, 1.54) is 11.9 Å². The molecule has 0 fully saturated rings. The molecule has 2 aromatic rings. The van der Waals surface area contributed by atoms with Crippen LogP contribution in [0.5, 0.6) is 5.75 Å². The number of nitrogens with one attached hydrogen (secondary N) is 2. The average Bonchev–Trinajstić information content (AvgIpc) is 2.43. The third kappa shape index (κ3) is 3.50. The van der Waals surface area contributed by atoms with E-state index < -0.39 is 0 Å². The van der Waals surface area contributed by atoms with Crippen LogP contribution in [0.15, 0.2) is 35.4 Å². The Bertz CT molecular complexity index is 622. The van der Waals surface area contributed by atoms with Crippen LogP contribution < -0.4 is 21.3 Å². The van der Waals surface area contributed by atoms with Crippen LogP contribution >= 0.6 is 0 Å². The summed E-state index contributed by atoms with van der Waals surface area (Å²) in [7, 11) is 0. The van der Waals surface area contributed by atoms with Crippen LogP contribution in [0.4, 0.5) is 11.5 Å². The highest BCUT2D eigenvalue weighted by Crippen LogP contribution is 2.13. The van der Waals surface area contributed by atoms with E-state index in [2.05, 4.69) is 15.3 Å². The van der Waals surface area contributed by atoms with Crippen LogP contribution in [0, 0.1) is 6.92 Å².